The zero-order chi connectivity index (χ0) is 17.3. The molecule has 0 saturated carbocycles. The number of aromatic nitrogens is 2. The van der Waals surface area contributed by atoms with Gasteiger partial charge < -0.3 is 5.32 Å². The molecule has 1 atom stereocenters. The van der Waals surface area contributed by atoms with E-state index in [-0.39, 0.29) is 30.3 Å². The van der Waals surface area contributed by atoms with Crippen molar-refractivity contribution in [1.82, 2.24) is 19.4 Å². The second-order valence-corrected chi connectivity index (χ2v) is 7.49. The molecule has 1 amide bonds. The van der Waals surface area contributed by atoms with Gasteiger partial charge in [-0.2, -0.15) is 9.40 Å². The Hall–Kier alpha value is -2.26. The van der Waals surface area contributed by atoms with Gasteiger partial charge in [0.1, 0.15) is 5.82 Å². The topological polar surface area (TPSA) is 84.3 Å². The Morgan fingerprint density at radius 2 is 2.21 bits per heavy atom. The molecule has 128 valence electrons. The van der Waals surface area contributed by atoms with E-state index in [4.69, 9.17) is 0 Å². The van der Waals surface area contributed by atoms with E-state index in [0.717, 1.165) is 6.07 Å². The molecule has 1 unspecified atom stereocenters. The van der Waals surface area contributed by atoms with E-state index in [0.29, 0.717) is 5.69 Å². The van der Waals surface area contributed by atoms with Crippen LogP contribution in [0.1, 0.15) is 18.2 Å². The van der Waals surface area contributed by atoms with E-state index in [2.05, 4.69) is 10.4 Å². The quantitative estimate of drug-likeness (QED) is 0.886. The summed E-state index contributed by atoms with van der Waals surface area (Å²) in [5, 5.41) is 6.71. The Labute approximate surface area is 139 Å². The van der Waals surface area contributed by atoms with Crippen molar-refractivity contribution in [2.45, 2.75) is 23.9 Å². The molecule has 1 N–H and O–H groups in total. The number of nitrogens with zero attached hydrogens (tertiary/aromatic N) is 3. The lowest BCUT2D eigenvalue weighted by Gasteiger charge is -2.32. The second-order valence-electron chi connectivity index (χ2n) is 5.55. The molecule has 9 heteroatoms. The Kier molecular flexibility index (Phi) is 4.37. The van der Waals surface area contributed by atoms with Gasteiger partial charge in [0.25, 0.3) is 0 Å². The van der Waals surface area contributed by atoms with Gasteiger partial charge in [-0.15, -0.1) is 0 Å². The van der Waals surface area contributed by atoms with Gasteiger partial charge in [0.15, 0.2) is 0 Å². The van der Waals surface area contributed by atoms with E-state index in [1.165, 1.54) is 29.6 Å². The summed E-state index contributed by atoms with van der Waals surface area (Å²) in [6.45, 7) is 0.226. The maximum atomic E-state index is 13.4. The third-order valence-electron chi connectivity index (χ3n) is 3.98. The number of amides is 1. The molecule has 0 bridgehead atoms. The number of benzene rings is 1. The Bertz CT molecular complexity index is 865. The first kappa shape index (κ1) is 16.6. The molecule has 2 aromatic rings. The van der Waals surface area contributed by atoms with Crippen LogP contribution < -0.4 is 5.32 Å². The summed E-state index contributed by atoms with van der Waals surface area (Å²) in [5.41, 5.74) is 0.690. The van der Waals surface area contributed by atoms with Crippen molar-refractivity contribution >= 4 is 15.9 Å². The van der Waals surface area contributed by atoms with Crippen molar-refractivity contribution in [1.29, 1.82) is 0 Å². The van der Waals surface area contributed by atoms with E-state index in [1.807, 2.05) is 0 Å². The van der Waals surface area contributed by atoms with Crippen molar-refractivity contribution in [3.63, 3.8) is 0 Å². The highest BCUT2D eigenvalue weighted by Crippen LogP contribution is 2.28. The smallest absolute Gasteiger partial charge is 0.243 e. The molecule has 3 rings (SSSR count). The van der Waals surface area contributed by atoms with Gasteiger partial charge in [0, 0.05) is 19.8 Å². The van der Waals surface area contributed by atoms with Crippen molar-refractivity contribution in [3.05, 3.63) is 48.0 Å². The van der Waals surface area contributed by atoms with Crippen LogP contribution in [0.2, 0.25) is 0 Å². The van der Waals surface area contributed by atoms with Crippen molar-refractivity contribution in [2.75, 3.05) is 13.6 Å². The minimum Gasteiger partial charge on any atom is -0.359 e. The van der Waals surface area contributed by atoms with Gasteiger partial charge in [0.05, 0.1) is 29.6 Å². The first-order valence-corrected chi connectivity index (χ1v) is 8.84. The molecule has 1 aliphatic rings. The van der Waals surface area contributed by atoms with E-state index >= 15 is 0 Å². The summed E-state index contributed by atoms with van der Waals surface area (Å²) in [6.07, 6.45) is 1.69. The maximum absolute atomic E-state index is 13.4. The van der Waals surface area contributed by atoms with Crippen LogP contribution in [0.5, 0.6) is 0 Å². The molecule has 7 nitrogen and oxygen atoms in total. The van der Waals surface area contributed by atoms with Gasteiger partial charge in [-0.25, -0.2) is 12.8 Å². The standard InChI is InChI=1S/C15H17FN4O3S/c1-17-15(21)8-13-10-19(9-12-5-6-18-20(12)13)24(22,23)14-4-2-3-11(16)7-14/h2-7,13H,8-10H2,1H3,(H,17,21). The van der Waals surface area contributed by atoms with Crippen molar-refractivity contribution < 1.29 is 17.6 Å². The average molecular weight is 352 g/mol. The number of fused-ring (bicyclic) bond motifs is 1. The first-order chi connectivity index (χ1) is 11.4. The third kappa shape index (κ3) is 3.04. The maximum Gasteiger partial charge on any atom is 0.243 e. The highest BCUT2D eigenvalue weighted by molar-refractivity contribution is 7.89. The van der Waals surface area contributed by atoms with E-state index in [9.17, 15) is 17.6 Å². The number of carbonyl (C=O) groups excluding carboxylic acids is 1. The summed E-state index contributed by atoms with van der Waals surface area (Å²) in [5.74, 6) is -0.813. The Balaban J connectivity index is 1.94. The minimum absolute atomic E-state index is 0.0982. The molecule has 0 saturated heterocycles. The number of nitrogens with one attached hydrogen (secondary N) is 1. The lowest BCUT2D eigenvalue weighted by molar-refractivity contribution is -0.121. The van der Waals surface area contributed by atoms with Gasteiger partial charge in [-0.05, 0) is 24.3 Å². The largest absolute Gasteiger partial charge is 0.359 e. The molecule has 24 heavy (non-hydrogen) atoms. The van der Waals surface area contributed by atoms with Crippen LogP contribution in [0.3, 0.4) is 0 Å². The van der Waals surface area contributed by atoms with Crippen LogP contribution in [0.4, 0.5) is 4.39 Å². The fourth-order valence-corrected chi connectivity index (χ4v) is 4.26. The molecule has 1 aromatic carbocycles. The van der Waals surface area contributed by atoms with Gasteiger partial charge in [-0.3, -0.25) is 9.48 Å². The molecule has 2 heterocycles. The summed E-state index contributed by atoms with van der Waals surface area (Å²) in [7, 11) is -2.34. The normalized spacial score (nSPS) is 18.2. The number of hydrogen-bond acceptors (Lipinski definition) is 4. The lowest BCUT2D eigenvalue weighted by atomic mass is 10.1. The van der Waals surface area contributed by atoms with Crippen molar-refractivity contribution in [2.24, 2.45) is 0 Å². The SMILES string of the molecule is CNC(=O)CC1CN(S(=O)(=O)c2cccc(F)c2)Cc2ccnn21. The first-order valence-electron chi connectivity index (χ1n) is 7.40. The van der Waals surface area contributed by atoms with Crippen LogP contribution in [-0.4, -0.2) is 42.0 Å². The second kappa shape index (κ2) is 6.33. The molecule has 0 radical (unpaired) electrons. The molecule has 0 fully saturated rings. The van der Waals surface area contributed by atoms with Gasteiger partial charge in [-0.1, -0.05) is 6.07 Å². The van der Waals surface area contributed by atoms with Crippen LogP contribution in [-0.2, 0) is 21.4 Å². The lowest BCUT2D eigenvalue weighted by Crippen LogP contribution is -2.42. The Morgan fingerprint density at radius 1 is 1.42 bits per heavy atom. The predicted octanol–water partition coefficient (Wildman–Crippen LogP) is 0.904. The minimum atomic E-state index is -3.86. The number of halogens is 1. The van der Waals surface area contributed by atoms with E-state index in [1.54, 1.807) is 16.9 Å². The zero-order valence-corrected chi connectivity index (χ0v) is 13.8. The number of sulfonamides is 1. The highest BCUT2D eigenvalue weighted by atomic mass is 32.2. The van der Waals surface area contributed by atoms with Crippen LogP contribution >= 0.6 is 0 Å². The number of carbonyl (C=O) groups is 1. The monoisotopic (exact) mass is 352 g/mol. The highest BCUT2D eigenvalue weighted by Gasteiger charge is 2.34. The third-order valence-corrected chi connectivity index (χ3v) is 5.79. The number of hydrogen-bond donors (Lipinski definition) is 1. The fraction of sp³-hybridized carbons (Fsp3) is 0.333. The van der Waals surface area contributed by atoms with Crippen LogP contribution in [0, 0.1) is 5.82 Å². The summed E-state index contributed by atoms with van der Waals surface area (Å²) >= 11 is 0. The molecular weight excluding hydrogens is 335 g/mol. The average Bonchev–Trinajstić information content (AvgIpc) is 3.03. The molecule has 0 spiro atoms. The number of rotatable bonds is 4. The van der Waals surface area contributed by atoms with Crippen molar-refractivity contribution in [3.8, 4) is 0 Å². The van der Waals surface area contributed by atoms with Crippen LogP contribution in [0.25, 0.3) is 0 Å². The predicted molar refractivity (Wildman–Crippen MR) is 83.9 cm³/mol. The van der Waals surface area contributed by atoms with Crippen LogP contribution in [0.15, 0.2) is 41.4 Å². The van der Waals surface area contributed by atoms with E-state index < -0.39 is 21.9 Å². The van der Waals surface area contributed by atoms with Gasteiger partial charge in [0.2, 0.25) is 15.9 Å². The summed E-state index contributed by atoms with van der Waals surface area (Å²) in [6, 6.07) is 6.21. The molecular formula is C15H17FN4O3S. The molecule has 0 aliphatic carbocycles. The summed E-state index contributed by atoms with van der Waals surface area (Å²) in [4.78, 5) is 11.6. The Morgan fingerprint density at radius 3 is 2.92 bits per heavy atom. The fourth-order valence-electron chi connectivity index (χ4n) is 2.78. The molecule has 1 aromatic heterocycles. The van der Waals surface area contributed by atoms with Gasteiger partial charge >= 0.3 is 0 Å². The zero-order valence-electron chi connectivity index (χ0n) is 13.0. The molecule has 1 aliphatic heterocycles. The summed E-state index contributed by atoms with van der Waals surface area (Å²) < 4.78 is 41.9.